The molecule has 0 aliphatic carbocycles. The van der Waals surface area contributed by atoms with E-state index in [1.54, 1.807) is 35.2 Å². The number of hydrogen-bond donors (Lipinski definition) is 3. The summed E-state index contributed by atoms with van der Waals surface area (Å²) in [5.74, 6) is -2.60. The number of nitrogens with one attached hydrogen (secondary N) is 1. The van der Waals surface area contributed by atoms with Crippen LogP contribution in [0.5, 0.6) is 0 Å². The molecule has 0 aliphatic rings. The Morgan fingerprint density at radius 3 is 1.84 bits per heavy atom. The maximum absolute atomic E-state index is 12.6. The Hall–Kier alpha value is -2.92. The first-order valence-corrected chi connectivity index (χ1v) is 14.3. The summed E-state index contributed by atoms with van der Waals surface area (Å²) in [4.78, 5) is 36.0. The van der Waals surface area contributed by atoms with Crippen molar-refractivity contribution in [2.24, 2.45) is 0 Å². The Labute approximate surface area is 221 Å². The summed E-state index contributed by atoms with van der Waals surface area (Å²) >= 11 is 0. The number of hydrogen-bond acceptors (Lipinski definition) is 6. The van der Waals surface area contributed by atoms with Crippen molar-refractivity contribution < 1.29 is 33.0 Å². The van der Waals surface area contributed by atoms with Crippen LogP contribution in [0.4, 0.5) is 4.79 Å². The number of carboxylic acids is 2. The van der Waals surface area contributed by atoms with E-state index in [1.807, 2.05) is 13.8 Å². The van der Waals surface area contributed by atoms with Crippen LogP contribution >= 0.6 is 0 Å². The lowest BCUT2D eigenvalue weighted by Crippen LogP contribution is -2.47. The molecule has 1 aromatic carbocycles. The van der Waals surface area contributed by atoms with E-state index < -0.39 is 21.8 Å². The van der Waals surface area contributed by atoms with E-state index in [-0.39, 0.29) is 24.4 Å². The van der Waals surface area contributed by atoms with Crippen molar-refractivity contribution in [2.75, 3.05) is 38.5 Å². The molecule has 0 bridgehead atoms. The number of amides is 2. The van der Waals surface area contributed by atoms with E-state index in [1.165, 1.54) is 0 Å². The van der Waals surface area contributed by atoms with Gasteiger partial charge in [-0.25, -0.2) is 22.8 Å². The van der Waals surface area contributed by atoms with Gasteiger partial charge in [0.2, 0.25) is 0 Å². The van der Waals surface area contributed by atoms with Crippen molar-refractivity contribution in [3.05, 3.63) is 42.5 Å². The first-order chi connectivity index (χ1) is 17.4. The van der Waals surface area contributed by atoms with Gasteiger partial charge in [0, 0.05) is 37.8 Å². The summed E-state index contributed by atoms with van der Waals surface area (Å²) in [6, 6.07) is 8.13. The van der Waals surface area contributed by atoms with Gasteiger partial charge in [-0.05, 0) is 51.9 Å². The highest BCUT2D eigenvalue weighted by Gasteiger charge is 2.21. The van der Waals surface area contributed by atoms with Crippen LogP contribution in [0.15, 0.2) is 47.4 Å². The molecule has 11 heteroatoms. The molecule has 0 saturated heterocycles. The van der Waals surface area contributed by atoms with E-state index in [4.69, 9.17) is 10.2 Å². The maximum atomic E-state index is 12.6. The fraction of sp³-hybridized carbons (Fsp3) is 0.577. The first kappa shape index (κ1) is 34.1. The Kier molecular flexibility index (Phi) is 17.7. The molecule has 37 heavy (non-hydrogen) atoms. The van der Waals surface area contributed by atoms with Crippen LogP contribution in [0, 0.1) is 0 Å². The van der Waals surface area contributed by atoms with Crippen molar-refractivity contribution in [1.82, 2.24) is 15.1 Å². The van der Waals surface area contributed by atoms with Gasteiger partial charge in [0.15, 0.2) is 9.84 Å². The van der Waals surface area contributed by atoms with E-state index in [2.05, 4.69) is 24.1 Å². The molecule has 1 aromatic rings. The van der Waals surface area contributed by atoms with Crippen LogP contribution in [-0.2, 0) is 19.4 Å². The van der Waals surface area contributed by atoms with Gasteiger partial charge >= 0.3 is 18.0 Å². The van der Waals surface area contributed by atoms with Crippen molar-refractivity contribution in [1.29, 1.82) is 0 Å². The van der Waals surface area contributed by atoms with Gasteiger partial charge in [-0.15, -0.1) is 0 Å². The van der Waals surface area contributed by atoms with Crippen LogP contribution < -0.4 is 5.32 Å². The third-order valence-corrected chi connectivity index (χ3v) is 7.03. The number of carbonyl (C=O) groups excluding carboxylic acids is 1. The highest BCUT2D eigenvalue weighted by molar-refractivity contribution is 7.91. The van der Waals surface area contributed by atoms with Gasteiger partial charge in [-0.3, -0.25) is 0 Å². The van der Waals surface area contributed by atoms with Gasteiger partial charge < -0.3 is 25.3 Å². The first-order valence-electron chi connectivity index (χ1n) is 12.6. The van der Waals surface area contributed by atoms with Gasteiger partial charge in [0.1, 0.15) is 0 Å². The average molecular weight is 542 g/mol. The number of aliphatic carboxylic acids is 2. The number of sulfone groups is 1. The number of carboxylic acid groups (broad SMARTS) is 2. The third kappa shape index (κ3) is 16.4. The highest BCUT2D eigenvalue weighted by atomic mass is 32.2. The molecular formula is C26H43N3O7S. The number of rotatable bonds is 16. The maximum Gasteiger partial charge on any atom is 0.328 e. The second-order valence-corrected chi connectivity index (χ2v) is 10.8. The van der Waals surface area contributed by atoms with Crippen molar-refractivity contribution >= 4 is 27.8 Å². The van der Waals surface area contributed by atoms with E-state index in [0.717, 1.165) is 45.3 Å². The predicted molar refractivity (Wildman–Crippen MR) is 144 cm³/mol. The highest BCUT2D eigenvalue weighted by Crippen LogP contribution is 2.11. The van der Waals surface area contributed by atoms with Crippen molar-refractivity contribution in [3.8, 4) is 0 Å². The monoisotopic (exact) mass is 541 g/mol. The predicted octanol–water partition coefficient (Wildman–Crippen LogP) is 3.49. The summed E-state index contributed by atoms with van der Waals surface area (Å²) in [5.41, 5.74) is 0. The average Bonchev–Trinajstić information content (AvgIpc) is 2.84. The number of nitrogens with zero attached hydrogens (tertiary/aromatic N) is 2. The molecule has 0 aromatic heterocycles. The van der Waals surface area contributed by atoms with E-state index >= 15 is 0 Å². The van der Waals surface area contributed by atoms with E-state index in [9.17, 15) is 22.8 Å². The SMILES string of the molecule is CCCCN(CCCC)CCNC(=O)N(CCS(=O)(=O)c1ccccc1)C(C)C.O=C(O)C=CC(=O)O. The second-order valence-electron chi connectivity index (χ2n) is 8.71. The molecule has 0 unspecified atom stereocenters. The van der Waals surface area contributed by atoms with Gasteiger partial charge in [0.05, 0.1) is 10.6 Å². The van der Waals surface area contributed by atoms with Gasteiger partial charge in [0.25, 0.3) is 0 Å². The molecule has 1 rings (SSSR count). The Morgan fingerprint density at radius 2 is 1.41 bits per heavy atom. The molecule has 0 spiro atoms. The Bertz CT molecular complexity index is 911. The molecule has 0 radical (unpaired) electrons. The smallest absolute Gasteiger partial charge is 0.328 e. The molecule has 0 heterocycles. The lowest BCUT2D eigenvalue weighted by atomic mass is 10.2. The molecule has 0 atom stereocenters. The topological polar surface area (TPSA) is 144 Å². The lowest BCUT2D eigenvalue weighted by Gasteiger charge is -2.28. The second kappa shape index (κ2) is 19.2. The van der Waals surface area contributed by atoms with Crippen molar-refractivity contribution in [2.45, 2.75) is 64.3 Å². The van der Waals surface area contributed by atoms with Crippen LogP contribution in [0.25, 0.3) is 0 Å². The molecular weight excluding hydrogens is 498 g/mol. The largest absolute Gasteiger partial charge is 0.478 e. The number of unbranched alkanes of at least 4 members (excludes halogenated alkanes) is 2. The minimum absolute atomic E-state index is 0.0720. The van der Waals surface area contributed by atoms with Crippen molar-refractivity contribution in [3.63, 3.8) is 0 Å². The number of benzene rings is 1. The van der Waals surface area contributed by atoms with E-state index in [0.29, 0.717) is 23.6 Å². The van der Waals surface area contributed by atoms with Crippen LogP contribution in [0.1, 0.15) is 53.4 Å². The van der Waals surface area contributed by atoms with Crippen LogP contribution in [-0.4, -0.2) is 90.9 Å². The number of carbonyl (C=O) groups is 3. The molecule has 2 amide bonds. The molecule has 210 valence electrons. The zero-order valence-electron chi connectivity index (χ0n) is 22.4. The van der Waals surface area contributed by atoms with Gasteiger partial charge in [-0.2, -0.15) is 0 Å². The summed E-state index contributed by atoms with van der Waals surface area (Å²) < 4.78 is 25.0. The third-order valence-electron chi connectivity index (χ3n) is 5.32. The summed E-state index contributed by atoms with van der Waals surface area (Å²) in [6.45, 7) is 11.8. The summed E-state index contributed by atoms with van der Waals surface area (Å²) in [7, 11) is -3.41. The normalized spacial score (nSPS) is 11.3. The quantitative estimate of drug-likeness (QED) is 0.270. The fourth-order valence-corrected chi connectivity index (χ4v) is 4.47. The molecule has 0 aliphatic heterocycles. The zero-order chi connectivity index (χ0) is 28.3. The zero-order valence-corrected chi connectivity index (χ0v) is 23.2. The van der Waals surface area contributed by atoms with Crippen LogP contribution in [0.2, 0.25) is 0 Å². The lowest BCUT2D eigenvalue weighted by molar-refractivity contribution is -0.134. The fourth-order valence-electron chi connectivity index (χ4n) is 3.22. The van der Waals surface area contributed by atoms with Gasteiger partial charge in [-0.1, -0.05) is 44.9 Å². The minimum Gasteiger partial charge on any atom is -0.478 e. The summed E-state index contributed by atoms with van der Waals surface area (Å²) in [6.07, 6.45) is 5.75. The standard InChI is InChI=1S/C22H39N3O3S.C4H4O4/c1-5-7-15-24(16-8-6-2)17-14-23-22(26)25(20(3)4)18-19-29(27,28)21-12-10-9-11-13-21;5-3(6)1-2-4(7)8/h9-13,20H,5-8,14-19H2,1-4H3,(H,23,26);1-2H,(H,5,6)(H,7,8). The molecule has 0 saturated carbocycles. The summed E-state index contributed by atoms with van der Waals surface area (Å²) in [5, 5.41) is 18.6. The molecule has 0 fully saturated rings. The Balaban J connectivity index is 0.00000139. The molecule has 3 N–H and O–H groups in total. The molecule has 10 nitrogen and oxygen atoms in total. The Morgan fingerprint density at radius 1 is 0.892 bits per heavy atom. The number of urea groups is 1. The van der Waals surface area contributed by atoms with Crippen LogP contribution in [0.3, 0.4) is 0 Å². The minimum atomic E-state index is -3.41.